The monoisotopic (exact) mass is 262 g/mol. The predicted octanol–water partition coefficient (Wildman–Crippen LogP) is 3.11. The van der Waals surface area contributed by atoms with Crippen molar-refractivity contribution in [3.8, 4) is 0 Å². The molecule has 0 radical (unpaired) electrons. The van der Waals surface area contributed by atoms with Gasteiger partial charge in [0.25, 0.3) is 0 Å². The molecule has 0 amide bonds. The average molecular weight is 263 g/mol. The van der Waals surface area contributed by atoms with Gasteiger partial charge in [-0.05, 0) is 24.1 Å². The van der Waals surface area contributed by atoms with Gasteiger partial charge >= 0.3 is 5.97 Å². The molecule has 0 saturated heterocycles. The van der Waals surface area contributed by atoms with Crippen molar-refractivity contribution in [2.45, 2.75) is 17.2 Å². The fraction of sp³-hybridized carbons (Fsp3) is 0.364. The summed E-state index contributed by atoms with van der Waals surface area (Å²) in [6.45, 7) is 1.61. The zero-order valence-corrected chi connectivity index (χ0v) is 9.89. The lowest BCUT2D eigenvalue weighted by atomic mass is 10.1. The van der Waals surface area contributed by atoms with Crippen LogP contribution in [0.25, 0.3) is 0 Å². The summed E-state index contributed by atoms with van der Waals surface area (Å²) in [5.74, 6) is -2.64. The Morgan fingerprint density at radius 2 is 2.12 bits per heavy atom. The highest BCUT2D eigenvalue weighted by Gasteiger charge is 2.68. The fourth-order valence-electron chi connectivity index (χ4n) is 1.91. The van der Waals surface area contributed by atoms with Crippen molar-refractivity contribution in [1.82, 2.24) is 0 Å². The number of benzene rings is 1. The highest BCUT2D eigenvalue weighted by molar-refractivity contribution is 6.53. The average Bonchev–Trinajstić information content (AvgIpc) is 2.74. The second-order valence-corrected chi connectivity index (χ2v) is 5.42. The largest absolute Gasteiger partial charge is 0.481 e. The van der Waals surface area contributed by atoms with Crippen LogP contribution in [-0.4, -0.2) is 15.4 Å². The number of aryl methyl sites for hydroxylation is 1. The molecule has 1 aromatic rings. The van der Waals surface area contributed by atoms with Gasteiger partial charge in [0.1, 0.15) is 10.2 Å². The lowest BCUT2D eigenvalue weighted by Crippen LogP contribution is -2.03. The molecular formula is C11H9Cl2FO2. The highest BCUT2D eigenvalue weighted by atomic mass is 35.5. The first-order chi connectivity index (χ1) is 7.35. The van der Waals surface area contributed by atoms with Crippen molar-refractivity contribution >= 4 is 29.2 Å². The molecule has 1 fully saturated rings. The Bertz CT molecular complexity index is 459. The van der Waals surface area contributed by atoms with Crippen LogP contribution in [0.15, 0.2) is 18.2 Å². The summed E-state index contributed by atoms with van der Waals surface area (Å²) in [7, 11) is 0. The molecule has 0 aliphatic heterocycles. The van der Waals surface area contributed by atoms with Gasteiger partial charge in [-0.3, -0.25) is 4.79 Å². The van der Waals surface area contributed by atoms with E-state index in [1.54, 1.807) is 13.0 Å². The van der Waals surface area contributed by atoms with Gasteiger partial charge in [-0.15, -0.1) is 0 Å². The molecule has 0 aromatic heterocycles. The van der Waals surface area contributed by atoms with Crippen molar-refractivity contribution < 1.29 is 14.3 Å². The molecule has 1 aliphatic carbocycles. The van der Waals surface area contributed by atoms with Crippen LogP contribution in [0.5, 0.6) is 0 Å². The van der Waals surface area contributed by atoms with Gasteiger partial charge in [0.2, 0.25) is 0 Å². The van der Waals surface area contributed by atoms with Crippen LogP contribution in [0.1, 0.15) is 17.0 Å². The first kappa shape index (κ1) is 11.7. The van der Waals surface area contributed by atoms with E-state index in [4.69, 9.17) is 28.3 Å². The zero-order valence-electron chi connectivity index (χ0n) is 8.38. The lowest BCUT2D eigenvalue weighted by molar-refractivity contribution is -0.138. The molecule has 1 aromatic carbocycles. The van der Waals surface area contributed by atoms with Gasteiger partial charge in [-0.2, -0.15) is 0 Å². The van der Waals surface area contributed by atoms with E-state index >= 15 is 0 Å². The number of hydrogen-bond acceptors (Lipinski definition) is 1. The minimum Gasteiger partial charge on any atom is -0.481 e. The minimum absolute atomic E-state index is 0.328. The molecule has 1 N–H and O–H groups in total. The summed E-state index contributed by atoms with van der Waals surface area (Å²) >= 11 is 11.8. The SMILES string of the molecule is Cc1cc([C@@H]2[C@@H](C(=O)O)C2(Cl)Cl)ccc1F. The summed E-state index contributed by atoms with van der Waals surface area (Å²) in [4.78, 5) is 10.9. The summed E-state index contributed by atoms with van der Waals surface area (Å²) in [5, 5.41) is 8.90. The van der Waals surface area contributed by atoms with Gasteiger partial charge in [-0.25, -0.2) is 4.39 Å². The van der Waals surface area contributed by atoms with E-state index in [9.17, 15) is 9.18 Å². The van der Waals surface area contributed by atoms with Crippen LogP contribution in [-0.2, 0) is 4.79 Å². The number of carboxylic acid groups (broad SMARTS) is 1. The number of carbonyl (C=O) groups is 1. The van der Waals surface area contributed by atoms with E-state index < -0.39 is 22.1 Å². The number of rotatable bonds is 2. The number of halogens is 3. The minimum atomic E-state index is -1.28. The van der Waals surface area contributed by atoms with E-state index in [0.29, 0.717) is 11.1 Å². The predicted molar refractivity (Wildman–Crippen MR) is 59.4 cm³/mol. The Labute approximate surface area is 102 Å². The zero-order chi connectivity index (χ0) is 12.1. The lowest BCUT2D eigenvalue weighted by Gasteiger charge is -2.02. The van der Waals surface area contributed by atoms with E-state index in [-0.39, 0.29) is 5.82 Å². The van der Waals surface area contributed by atoms with Crippen LogP contribution >= 0.6 is 23.2 Å². The molecule has 16 heavy (non-hydrogen) atoms. The number of carboxylic acids is 1. The van der Waals surface area contributed by atoms with Gasteiger partial charge in [0, 0.05) is 5.92 Å². The first-order valence-corrected chi connectivity index (χ1v) is 5.48. The normalized spacial score (nSPS) is 26.5. The molecule has 1 saturated carbocycles. The topological polar surface area (TPSA) is 37.3 Å². The summed E-state index contributed by atoms with van der Waals surface area (Å²) in [6.07, 6.45) is 0. The maximum absolute atomic E-state index is 13.0. The number of alkyl halides is 2. The molecule has 0 bridgehead atoms. The van der Waals surface area contributed by atoms with Gasteiger partial charge in [0.05, 0.1) is 5.92 Å². The molecule has 0 unspecified atom stereocenters. The molecule has 2 atom stereocenters. The molecule has 1 aliphatic rings. The highest BCUT2D eigenvalue weighted by Crippen LogP contribution is 2.65. The second kappa shape index (κ2) is 3.60. The quantitative estimate of drug-likeness (QED) is 0.832. The summed E-state index contributed by atoms with van der Waals surface area (Å²) < 4.78 is 11.8. The van der Waals surface area contributed by atoms with Crippen molar-refractivity contribution in [1.29, 1.82) is 0 Å². The Hall–Kier alpha value is -0.800. The molecule has 0 spiro atoms. The number of aliphatic carboxylic acids is 1. The first-order valence-electron chi connectivity index (χ1n) is 4.72. The fourth-order valence-corrected chi connectivity index (χ4v) is 2.73. The molecular weight excluding hydrogens is 254 g/mol. The van der Waals surface area contributed by atoms with Gasteiger partial charge in [0.15, 0.2) is 0 Å². The smallest absolute Gasteiger partial charge is 0.310 e. The van der Waals surface area contributed by atoms with E-state index in [1.807, 2.05) is 0 Å². The van der Waals surface area contributed by atoms with Crippen LogP contribution in [0.2, 0.25) is 0 Å². The summed E-state index contributed by atoms with van der Waals surface area (Å²) in [6, 6.07) is 4.41. The molecule has 2 rings (SSSR count). The Balaban J connectivity index is 2.33. The molecule has 86 valence electrons. The van der Waals surface area contributed by atoms with Gasteiger partial charge < -0.3 is 5.11 Å². The van der Waals surface area contributed by atoms with Gasteiger partial charge in [-0.1, -0.05) is 35.3 Å². The van der Waals surface area contributed by atoms with Crippen LogP contribution in [0, 0.1) is 18.7 Å². The third-order valence-corrected chi connectivity index (χ3v) is 3.80. The van der Waals surface area contributed by atoms with Crippen molar-refractivity contribution in [3.05, 3.63) is 35.1 Å². The van der Waals surface area contributed by atoms with E-state index in [0.717, 1.165) is 0 Å². The van der Waals surface area contributed by atoms with Crippen LogP contribution in [0.4, 0.5) is 4.39 Å². The van der Waals surface area contributed by atoms with Crippen LogP contribution in [0.3, 0.4) is 0 Å². The van der Waals surface area contributed by atoms with Crippen molar-refractivity contribution in [2.75, 3.05) is 0 Å². The maximum atomic E-state index is 13.0. The third-order valence-electron chi connectivity index (χ3n) is 2.86. The van der Waals surface area contributed by atoms with E-state index in [2.05, 4.69) is 0 Å². The Morgan fingerprint density at radius 3 is 2.56 bits per heavy atom. The molecule has 5 heteroatoms. The van der Waals surface area contributed by atoms with Crippen molar-refractivity contribution in [3.63, 3.8) is 0 Å². The Kier molecular flexibility index (Phi) is 2.63. The second-order valence-electron chi connectivity index (χ2n) is 3.98. The number of hydrogen-bond donors (Lipinski definition) is 1. The van der Waals surface area contributed by atoms with E-state index in [1.165, 1.54) is 12.1 Å². The standard InChI is InChI=1S/C11H9Cl2FO2/c1-5-4-6(2-3-7(5)14)8-9(10(15)16)11(8,12)13/h2-4,8-9H,1H3,(H,15,16)/t8-,9+/m1/s1. The molecule has 0 heterocycles. The molecule has 2 nitrogen and oxygen atoms in total. The Morgan fingerprint density at radius 1 is 1.50 bits per heavy atom. The van der Waals surface area contributed by atoms with Crippen LogP contribution < -0.4 is 0 Å². The van der Waals surface area contributed by atoms with Crippen molar-refractivity contribution in [2.24, 2.45) is 5.92 Å². The third kappa shape index (κ3) is 1.68. The maximum Gasteiger partial charge on any atom is 0.310 e. The summed E-state index contributed by atoms with van der Waals surface area (Å²) in [5.41, 5.74) is 1.12.